The van der Waals surface area contributed by atoms with Crippen LogP contribution in [0.3, 0.4) is 0 Å². The standard InChI is InChI=1S/C15H29N3O3/c1-14(2)21-10-9-20-12-15(19)11-16-5-3-4-7-18-8-6-17-13-18/h6,8,13-16,19H,3-5,7,9-12H2,1-2H3. The predicted octanol–water partition coefficient (Wildman–Crippen LogP) is 1.06. The third-order valence-electron chi connectivity index (χ3n) is 2.95. The quantitative estimate of drug-likeness (QED) is 0.533. The van der Waals surface area contributed by atoms with Crippen molar-refractivity contribution in [2.45, 2.75) is 45.4 Å². The molecule has 0 saturated heterocycles. The average molecular weight is 299 g/mol. The van der Waals surface area contributed by atoms with E-state index in [1.54, 1.807) is 6.20 Å². The number of rotatable bonds is 13. The number of aliphatic hydroxyl groups is 1. The smallest absolute Gasteiger partial charge is 0.0945 e. The number of imidazole rings is 1. The van der Waals surface area contributed by atoms with Gasteiger partial charge < -0.3 is 24.5 Å². The van der Waals surface area contributed by atoms with Gasteiger partial charge in [-0.1, -0.05) is 0 Å². The Morgan fingerprint density at radius 1 is 1.29 bits per heavy atom. The lowest BCUT2D eigenvalue weighted by molar-refractivity contribution is -0.00992. The predicted molar refractivity (Wildman–Crippen MR) is 82.2 cm³/mol. The maximum absolute atomic E-state index is 9.72. The summed E-state index contributed by atoms with van der Waals surface area (Å²) >= 11 is 0. The molecule has 6 nitrogen and oxygen atoms in total. The molecule has 0 amide bonds. The van der Waals surface area contributed by atoms with Crippen molar-refractivity contribution in [1.82, 2.24) is 14.9 Å². The van der Waals surface area contributed by atoms with E-state index in [1.807, 2.05) is 26.4 Å². The Morgan fingerprint density at radius 3 is 2.86 bits per heavy atom. The molecule has 0 aromatic carbocycles. The van der Waals surface area contributed by atoms with Gasteiger partial charge >= 0.3 is 0 Å². The molecule has 21 heavy (non-hydrogen) atoms. The second-order valence-corrected chi connectivity index (χ2v) is 5.36. The van der Waals surface area contributed by atoms with Crippen molar-refractivity contribution in [3.8, 4) is 0 Å². The van der Waals surface area contributed by atoms with E-state index >= 15 is 0 Å². The van der Waals surface area contributed by atoms with Crippen LogP contribution >= 0.6 is 0 Å². The molecular formula is C15H29N3O3. The summed E-state index contributed by atoms with van der Waals surface area (Å²) in [6.45, 7) is 7.90. The summed E-state index contributed by atoms with van der Waals surface area (Å²) in [7, 11) is 0. The zero-order chi connectivity index (χ0) is 15.3. The Hall–Kier alpha value is -0.950. The molecule has 2 N–H and O–H groups in total. The summed E-state index contributed by atoms with van der Waals surface area (Å²) in [4.78, 5) is 4.00. The lowest BCUT2D eigenvalue weighted by atomic mass is 10.3. The number of ether oxygens (including phenoxy) is 2. The minimum absolute atomic E-state index is 0.225. The zero-order valence-electron chi connectivity index (χ0n) is 13.2. The summed E-state index contributed by atoms with van der Waals surface area (Å²) in [5.74, 6) is 0. The molecular weight excluding hydrogens is 270 g/mol. The molecule has 0 fully saturated rings. The van der Waals surface area contributed by atoms with Crippen LogP contribution in [0.25, 0.3) is 0 Å². The summed E-state index contributed by atoms with van der Waals surface area (Å²) in [5, 5.41) is 13.0. The first-order valence-electron chi connectivity index (χ1n) is 7.72. The first-order chi connectivity index (χ1) is 10.2. The van der Waals surface area contributed by atoms with Gasteiger partial charge in [0, 0.05) is 25.5 Å². The molecule has 1 atom stereocenters. The Bertz CT molecular complexity index is 331. The van der Waals surface area contributed by atoms with E-state index in [0.717, 1.165) is 25.9 Å². The zero-order valence-corrected chi connectivity index (χ0v) is 13.2. The van der Waals surface area contributed by atoms with Crippen LogP contribution in [0.5, 0.6) is 0 Å². The lowest BCUT2D eigenvalue weighted by Gasteiger charge is -2.13. The highest BCUT2D eigenvalue weighted by atomic mass is 16.5. The van der Waals surface area contributed by atoms with Gasteiger partial charge in [-0.3, -0.25) is 0 Å². The number of hydrogen-bond acceptors (Lipinski definition) is 5. The average Bonchev–Trinajstić information content (AvgIpc) is 2.95. The summed E-state index contributed by atoms with van der Waals surface area (Å²) < 4.78 is 12.8. The van der Waals surface area contributed by atoms with E-state index in [-0.39, 0.29) is 6.10 Å². The van der Waals surface area contributed by atoms with Crippen molar-refractivity contribution in [3.63, 3.8) is 0 Å². The van der Waals surface area contributed by atoms with E-state index in [4.69, 9.17) is 9.47 Å². The minimum atomic E-state index is -0.460. The van der Waals surface area contributed by atoms with Gasteiger partial charge in [0.15, 0.2) is 0 Å². The molecule has 0 aliphatic carbocycles. The van der Waals surface area contributed by atoms with E-state index in [9.17, 15) is 5.11 Å². The first kappa shape index (κ1) is 18.1. The van der Waals surface area contributed by atoms with Crippen LogP contribution in [-0.2, 0) is 16.0 Å². The van der Waals surface area contributed by atoms with Crippen LogP contribution in [0.1, 0.15) is 26.7 Å². The Balaban J connectivity index is 1.83. The van der Waals surface area contributed by atoms with Crippen LogP contribution in [-0.4, -0.2) is 59.8 Å². The normalized spacial score (nSPS) is 13.0. The molecule has 1 aromatic heterocycles. The van der Waals surface area contributed by atoms with Crippen LogP contribution < -0.4 is 5.32 Å². The Morgan fingerprint density at radius 2 is 2.14 bits per heavy atom. The van der Waals surface area contributed by atoms with Crippen molar-refractivity contribution < 1.29 is 14.6 Å². The van der Waals surface area contributed by atoms with Crippen molar-refractivity contribution >= 4 is 0 Å². The first-order valence-corrected chi connectivity index (χ1v) is 7.72. The lowest BCUT2D eigenvalue weighted by Crippen LogP contribution is -2.31. The highest BCUT2D eigenvalue weighted by Gasteiger charge is 2.03. The fraction of sp³-hybridized carbons (Fsp3) is 0.800. The Kier molecular flexibility index (Phi) is 10.1. The Labute approximate surface area is 127 Å². The number of aromatic nitrogens is 2. The molecule has 0 saturated carbocycles. The highest BCUT2D eigenvalue weighted by molar-refractivity contribution is 4.73. The van der Waals surface area contributed by atoms with Gasteiger partial charge in [-0.05, 0) is 33.2 Å². The van der Waals surface area contributed by atoms with Gasteiger partial charge in [0.2, 0.25) is 0 Å². The van der Waals surface area contributed by atoms with E-state index in [1.165, 1.54) is 0 Å². The van der Waals surface area contributed by atoms with Crippen molar-refractivity contribution in [2.75, 3.05) is 32.9 Å². The van der Waals surface area contributed by atoms with Crippen LogP contribution in [0.15, 0.2) is 18.7 Å². The monoisotopic (exact) mass is 299 g/mol. The van der Waals surface area contributed by atoms with Crippen molar-refractivity contribution in [3.05, 3.63) is 18.7 Å². The second kappa shape index (κ2) is 11.7. The molecule has 6 heteroatoms. The number of hydrogen-bond donors (Lipinski definition) is 2. The summed E-state index contributed by atoms with van der Waals surface area (Å²) in [6.07, 6.45) is 7.53. The number of nitrogens with one attached hydrogen (secondary N) is 1. The number of nitrogens with zero attached hydrogens (tertiary/aromatic N) is 2. The van der Waals surface area contributed by atoms with Crippen LogP contribution in [0.2, 0.25) is 0 Å². The van der Waals surface area contributed by atoms with Crippen molar-refractivity contribution in [1.29, 1.82) is 0 Å². The van der Waals surface area contributed by atoms with Gasteiger partial charge in [-0.25, -0.2) is 4.98 Å². The van der Waals surface area contributed by atoms with Gasteiger partial charge in [0.1, 0.15) is 0 Å². The van der Waals surface area contributed by atoms with Gasteiger partial charge in [-0.15, -0.1) is 0 Å². The number of unbranched alkanes of at least 4 members (excludes halogenated alkanes) is 1. The second-order valence-electron chi connectivity index (χ2n) is 5.36. The van der Waals surface area contributed by atoms with E-state index < -0.39 is 6.10 Å². The van der Waals surface area contributed by atoms with Crippen molar-refractivity contribution in [2.24, 2.45) is 0 Å². The largest absolute Gasteiger partial charge is 0.389 e. The molecule has 1 unspecified atom stereocenters. The fourth-order valence-electron chi connectivity index (χ4n) is 1.85. The molecule has 0 aliphatic heterocycles. The van der Waals surface area contributed by atoms with E-state index in [2.05, 4.69) is 14.9 Å². The SMILES string of the molecule is CC(C)OCCOCC(O)CNCCCCn1ccnc1. The minimum Gasteiger partial charge on any atom is -0.389 e. The molecule has 0 spiro atoms. The van der Waals surface area contributed by atoms with Gasteiger partial charge in [-0.2, -0.15) is 0 Å². The van der Waals surface area contributed by atoms with Gasteiger partial charge in [0.25, 0.3) is 0 Å². The highest BCUT2D eigenvalue weighted by Crippen LogP contribution is 1.94. The fourth-order valence-corrected chi connectivity index (χ4v) is 1.85. The molecule has 1 aromatic rings. The van der Waals surface area contributed by atoms with Crippen LogP contribution in [0.4, 0.5) is 0 Å². The van der Waals surface area contributed by atoms with Crippen LogP contribution in [0, 0.1) is 0 Å². The molecule has 122 valence electrons. The summed E-state index contributed by atoms with van der Waals surface area (Å²) in [5.41, 5.74) is 0. The third-order valence-corrected chi connectivity index (χ3v) is 2.95. The molecule has 0 aliphatic rings. The maximum Gasteiger partial charge on any atom is 0.0945 e. The molecule has 0 bridgehead atoms. The van der Waals surface area contributed by atoms with Gasteiger partial charge in [0.05, 0.1) is 38.4 Å². The molecule has 1 heterocycles. The maximum atomic E-state index is 9.72. The molecule has 1 rings (SSSR count). The van der Waals surface area contributed by atoms with E-state index in [0.29, 0.717) is 26.4 Å². The third kappa shape index (κ3) is 10.4. The topological polar surface area (TPSA) is 68.5 Å². The number of aliphatic hydroxyl groups excluding tert-OH is 1. The number of aryl methyl sites for hydroxylation is 1. The molecule has 0 radical (unpaired) electrons. The summed E-state index contributed by atoms with van der Waals surface area (Å²) in [6, 6.07) is 0.